The summed E-state index contributed by atoms with van der Waals surface area (Å²) in [5.74, 6) is -0.0936. The zero-order valence-corrected chi connectivity index (χ0v) is 11.2. The first-order valence-electron chi connectivity index (χ1n) is 6.11. The van der Waals surface area contributed by atoms with Crippen molar-refractivity contribution in [2.45, 2.75) is 19.9 Å². The molecular formula is C14H18N2O3. The van der Waals surface area contributed by atoms with Gasteiger partial charge in [0.2, 0.25) is 0 Å². The van der Waals surface area contributed by atoms with Gasteiger partial charge in [-0.3, -0.25) is 9.69 Å². The molecule has 0 atom stereocenters. The van der Waals surface area contributed by atoms with E-state index in [1.807, 2.05) is 11.8 Å². The summed E-state index contributed by atoms with van der Waals surface area (Å²) in [6, 6.07) is 7.34. The largest absolute Gasteiger partial charge is 0.496 e. The molecule has 0 aromatic heterocycles. The maximum absolute atomic E-state index is 10.6. The molecule has 0 saturated heterocycles. The summed E-state index contributed by atoms with van der Waals surface area (Å²) in [5.41, 5.74) is 1.47. The zero-order chi connectivity index (χ0) is 14.3. The highest BCUT2D eigenvalue weighted by atomic mass is 16.5. The predicted molar refractivity (Wildman–Crippen MR) is 70.9 cm³/mol. The first kappa shape index (κ1) is 15.0. The van der Waals surface area contributed by atoms with E-state index in [9.17, 15) is 4.79 Å². The van der Waals surface area contributed by atoms with Crippen LogP contribution >= 0.6 is 0 Å². The average molecular weight is 262 g/mol. The molecule has 0 heterocycles. The second kappa shape index (κ2) is 7.39. The minimum atomic E-state index is -0.809. The summed E-state index contributed by atoms with van der Waals surface area (Å²) in [6.45, 7) is 3.77. The van der Waals surface area contributed by atoms with Crippen molar-refractivity contribution in [2.75, 3.05) is 20.2 Å². The van der Waals surface area contributed by atoms with E-state index in [4.69, 9.17) is 15.1 Å². The molecule has 0 aliphatic carbocycles. The lowest BCUT2D eigenvalue weighted by Gasteiger charge is -2.20. The van der Waals surface area contributed by atoms with Crippen LogP contribution < -0.4 is 4.74 Å². The molecule has 0 bridgehead atoms. The van der Waals surface area contributed by atoms with Crippen LogP contribution in [0, 0.1) is 11.3 Å². The number of ether oxygens (including phenoxy) is 1. The molecule has 0 unspecified atom stereocenters. The number of hydrogen-bond donors (Lipinski definition) is 1. The minimum absolute atomic E-state index is 0.105. The third-order valence-corrected chi connectivity index (χ3v) is 2.89. The number of aliphatic carboxylic acids is 1. The molecule has 0 spiro atoms. The Morgan fingerprint density at radius 3 is 2.79 bits per heavy atom. The Hall–Kier alpha value is -2.06. The first-order chi connectivity index (χ1) is 9.10. The Labute approximate surface area is 113 Å². The third-order valence-electron chi connectivity index (χ3n) is 2.89. The van der Waals surface area contributed by atoms with E-state index in [-0.39, 0.29) is 6.42 Å². The standard InChI is InChI=1S/C14H18N2O3/c1-3-16(7-6-14(17)18)10-12-8-11(9-15)4-5-13(12)19-2/h4-5,8H,3,6-7,10H2,1-2H3,(H,17,18). The molecular weight excluding hydrogens is 244 g/mol. The first-order valence-corrected chi connectivity index (χ1v) is 6.11. The highest BCUT2D eigenvalue weighted by Crippen LogP contribution is 2.21. The van der Waals surface area contributed by atoms with Crippen LogP contribution in [0.4, 0.5) is 0 Å². The lowest BCUT2D eigenvalue weighted by atomic mass is 10.1. The van der Waals surface area contributed by atoms with Gasteiger partial charge in [-0.2, -0.15) is 5.26 Å². The van der Waals surface area contributed by atoms with Gasteiger partial charge in [0.1, 0.15) is 5.75 Å². The maximum Gasteiger partial charge on any atom is 0.304 e. The zero-order valence-electron chi connectivity index (χ0n) is 11.2. The van der Waals surface area contributed by atoms with Crippen LogP contribution in [0.3, 0.4) is 0 Å². The molecule has 102 valence electrons. The maximum atomic E-state index is 10.6. The summed E-state index contributed by atoms with van der Waals surface area (Å²) in [7, 11) is 1.58. The number of hydrogen-bond acceptors (Lipinski definition) is 4. The van der Waals surface area contributed by atoms with Gasteiger partial charge < -0.3 is 9.84 Å². The van der Waals surface area contributed by atoms with Gasteiger partial charge in [-0.05, 0) is 24.7 Å². The second-order valence-corrected chi connectivity index (χ2v) is 4.15. The van der Waals surface area contributed by atoms with Crippen LogP contribution in [-0.2, 0) is 11.3 Å². The van der Waals surface area contributed by atoms with Crippen molar-refractivity contribution in [2.24, 2.45) is 0 Å². The molecule has 0 saturated carbocycles. The van der Waals surface area contributed by atoms with Crippen LogP contribution in [0.25, 0.3) is 0 Å². The molecule has 0 fully saturated rings. The monoisotopic (exact) mass is 262 g/mol. The lowest BCUT2D eigenvalue weighted by molar-refractivity contribution is -0.137. The van der Waals surface area contributed by atoms with Gasteiger partial charge in [-0.1, -0.05) is 6.92 Å². The molecule has 5 heteroatoms. The number of carboxylic acid groups (broad SMARTS) is 1. The average Bonchev–Trinajstić information content (AvgIpc) is 2.42. The number of nitriles is 1. The quantitative estimate of drug-likeness (QED) is 0.812. The van der Waals surface area contributed by atoms with Crippen molar-refractivity contribution in [3.63, 3.8) is 0 Å². The molecule has 1 aromatic rings. The van der Waals surface area contributed by atoms with E-state index in [1.54, 1.807) is 25.3 Å². The predicted octanol–water partition coefficient (Wildman–Crippen LogP) is 1.86. The van der Waals surface area contributed by atoms with E-state index >= 15 is 0 Å². The highest BCUT2D eigenvalue weighted by molar-refractivity contribution is 5.66. The Balaban J connectivity index is 2.83. The van der Waals surface area contributed by atoms with Gasteiger partial charge in [-0.15, -0.1) is 0 Å². The number of rotatable bonds is 7. The summed E-state index contributed by atoms with van der Waals surface area (Å²) in [5, 5.41) is 17.6. The number of benzene rings is 1. The number of carboxylic acids is 1. The van der Waals surface area contributed by atoms with Gasteiger partial charge in [0.25, 0.3) is 0 Å². The molecule has 0 aliphatic rings. The van der Waals surface area contributed by atoms with Crippen LogP contribution in [0.1, 0.15) is 24.5 Å². The fraction of sp³-hybridized carbons (Fsp3) is 0.429. The SMILES string of the molecule is CCN(CCC(=O)O)Cc1cc(C#N)ccc1OC. The number of carbonyl (C=O) groups is 1. The van der Waals surface area contributed by atoms with E-state index in [2.05, 4.69) is 6.07 Å². The van der Waals surface area contributed by atoms with Crippen molar-refractivity contribution in [1.82, 2.24) is 4.90 Å². The Morgan fingerprint density at radius 2 is 2.26 bits per heavy atom. The molecule has 5 nitrogen and oxygen atoms in total. The topological polar surface area (TPSA) is 73.6 Å². The molecule has 0 amide bonds. The molecule has 1 rings (SSSR count). The number of methoxy groups -OCH3 is 1. The summed E-state index contributed by atoms with van der Waals surface area (Å²) in [4.78, 5) is 12.6. The van der Waals surface area contributed by atoms with Crippen molar-refractivity contribution < 1.29 is 14.6 Å². The van der Waals surface area contributed by atoms with Gasteiger partial charge >= 0.3 is 5.97 Å². The summed E-state index contributed by atoms with van der Waals surface area (Å²) >= 11 is 0. The minimum Gasteiger partial charge on any atom is -0.496 e. The van der Waals surface area contributed by atoms with E-state index in [0.29, 0.717) is 24.4 Å². The smallest absolute Gasteiger partial charge is 0.304 e. The fourth-order valence-electron chi connectivity index (χ4n) is 1.82. The number of nitrogens with zero attached hydrogens (tertiary/aromatic N) is 2. The molecule has 0 aliphatic heterocycles. The van der Waals surface area contributed by atoms with Gasteiger partial charge in [0, 0.05) is 18.7 Å². The fourth-order valence-corrected chi connectivity index (χ4v) is 1.82. The Bertz CT molecular complexity index is 480. The third kappa shape index (κ3) is 4.60. The Kier molecular flexibility index (Phi) is 5.83. The van der Waals surface area contributed by atoms with Crippen LogP contribution in [0.2, 0.25) is 0 Å². The molecule has 1 N–H and O–H groups in total. The van der Waals surface area contributed by atoms with Crippen LogP contribution in [-0.4, -0.2) is 36.2 Å². The molecule has 1 aromatic carbocycles. The van der Waals surface area contributed by atoms with E-state index < -0.39 is 5.97 Å². The molecule has 0 radical (unpaired) electrons. The van der Waals surface area contributed by atoms with Crippen molar-refractivity contribution in [1.29, 1.82) is 5.26 Å². The van der Waals surface area contributed by atoms with Gasteiger partial charge in [-0.25, -0.2) is 0 Å². The van der Waals surface area contributed by atoms with Crippen molar-refractivity contribution in [3.05, 3.63) is 29.3 Å². The van der Waals surface area contributed by atoms with Crippen LogP contribution in [0.15, 0.2) is 18.2 Å². The van der Waals surface area contributed by atoms with Crippen molar-refractivity contribution >= 4 is 5.97 Å². The van der Waals surface area contributed by atoms with Crippen molar-refractivity contribution in [3.8, 4) is 11.8 Å². The van der Waals surface area contributed by atoms with Gasteiger partial charge in [0.05, 0.1) is 25.2 Å². The lowest BCUT2D eigenvalue weighted by Crippen LogP contribution is -2.26. The Morgan fingerprint density at radius 1 is 1.53 bits per heavy atom. The van der Waals surface area contributed by atoms with Gasteiger partial charge in [0.15, 0.2) is 0 Å². The normalized spacial score (nSPS) is 10.2. The summed E-state index contributed by atoms with van der Waals surface area (Å²) < 4.78 is 5.26. The molecule has 19 heavy (non-hydrogen) atoms. The second-order valence-electron chi connectivity index (χ2n) is 4.15. The van der Waals surface area contributed by atoms with E-state index in [1.165, 1.54) is 0 Å². The van der Waals surface area contributed by atoms with E-state index in [0.717, 1.165) is 12.1 Å². The summed E-state index contributed by atoms with van der Waals surface area (Å²) in [6.07, 6.45) is 0.105. The van der Waals surface area contributed by atoms with Crippen LogP contribution in [0.5, 0.6) is 5.75 Å². The highest BCUT2D eigenvalue weighted by Gasteiger charge is 2.10.